The summed E-state index contributed by atoms with van der Waals surface area (Å²) in [5, 5.41) is 4.26. The van der Waals surface area contributed by atoms with Gasteiger partial charge in [-0.25, -0.2) is 4.39 Å². The summed E-state index contributed by atoms with van der Waals surface area (Å²) in [6, 6.07) is 13.4. The van der Waals surface area contributed by atoms with E-state index in [-0.39, 0.29) is 18.3 Å². The van der Waals surface area contributed by atoms with Gasteiger partial charge < -0.3 is 14.2 Å². The molecule has 0 saturated carbocycles. The molecule has 0 N–H and O–H groups in total. The maximum absolute atomic E-state index is 13.1. The number of halogens is 2. The van der Waals surface area contributed by atoms with Crippen molar-refractivity contribution in [2.75, 3.05) is 32.8 Å². The van der Waals surface area contributed by atoms with Gasteiger partial charge in [-0.2, -0.15) is 0 Å². The number of carbonyl (C=O) groups excluding carboxylic acids is 1. The predicted molar refractivity (Wildman–Crippen MR) is 115 cm³/mol. The molecule has 1 saturated heterocycles. The lowest BCUT2D eigenvalue weighted by Crippen LogP contribution is -2.38. The lowest BCUT2D eigenvalue weighted by Gasteiger charge is -2.22. The molecule has 2 heterocycles. The summed E-state index contributed by atoms with van der Waals surface area (Å²) in [7, 11) is 0. The maximum Gasteiger partial charge on any atom is 0.260 e. The molecule has 6 nitrogen and oxygen atoms in total. The van der Waals surface area contributed by atoms with Gasteiger partial charge in [-0.15, -0.1) is 0 Å². The number of ether oxygens (including phenoxy) is 1. The molecular formula is C23H23ClFN3O3. The number of hydrogen-bond acceptors (Lipinski definition) is 5. The molecule has 1 aliphatic rings. The summed E-state index contributed by atoms with van der Waals surface area (Å²) in [5.41, 5.74) is 1.71. The molecule has 1 aliphatic heterocycles. The van der Waals surface area contributed by atoms with E-state index in [1.165, 1.54) is 12.1 Å². The van der Waals surface area contributed by atoms with Crippen LogP contribution in [0.4, 0.5) is 4.39 Å². The second kappa shape index (κ2) is 9.94. The fraction of sp³-hybridized carbons (Fsp3) is 0.304. The van der Waals surface area contributed by atoms with Crippen LogP contribution in [0.5, 0.6) is 5.75 Å². The van der Waals surface area contributed by atoms with Gasteiger partial charge in [0.2, 0.25) is 0 Å². The van der Waals surface area contributed by atoms with Gasteiger partial charge in [0.25, 0.3) is 5.91 Å². The van der Waals surface area contributed by atoms with E-state index in [0.717, 1.165) is 31.6 Å². The SMILES string of the molecule is O=C(COc1ccc(Cl)cc1-c1ccno1)N1CCCN(Cc2ccc(F)cc2)CC1. The zero-order chi connectivity index (χ0) is 21.6. The van der Waals surface area contributed by atoms with Crippen LogP contribution in [0.1, 0.15) is 12.0 Å². The molecule has 1 amide bonds. The molecule has 162 valence electrons. The van der Waals surface area contributed by atoms with Crippen LogP contribution in [0.15, 0.2) is 59.3 Å². The summed E-state index contributed by atoms with van der Waals surface area (Å²) < 4.78 is 24.1. The Bertz CT molecular complexity index is 1010. The van der Waals surface area contributed by atoms with Crippen molar-refractivity contribution in [2.45, 2.75) is 13.0 Å². The van der Waals surface area contributed by atoms with E-state index in [1.54, 1.807) is 42.6 Å². The Morgan fingerprint density at radius 3 is 2.71 bits per heavy atom. The molecule has 0 unspecified atom stereocenters. The average molecular weight is 444 g/mol. The fourth-order valence-corrected chi connectivity index (χ4v) is 3.80. The molecule has 0 radical (unpaired) electrons. The van der Waals surface area contributed by atoms with Crippen molar-refractivity contribution in [2.24, 2.45) is 0 Å². The van der Waals surface area contributed by atoms with Gasteiger partial charge >= 0.3 is 0 Å². The Kier molecular flexibility index (Phi) is 6.84. The first-order chi connectivity index (χ1) is 15.1. The smallest absolute Gasteiger partial charge is 0.260 e. The lowest BCUT2D eigenvalue weighted by atomic mass is 10.1. The molecule has 2 aromatic carbocycles. The molecule has 0 bridgehead atoms. The van der Waals surface area contributed by atoms with E-state index in [1.807, 2.05) is 4.90 Å². The van der Waals surface area contributed by atoms with Crippen LogP contribution in [0.3, 0.4) is 0 Å². The summed E-state index contributed by atoms with van der Waals surface area (Å²) >= 11 is 6.10. The highest BCUT2D eigenvalue weighted by molar-refractivity contribution is 6.30. The van der Waals surface area contributed by atoms with E-state index in [0.29, 0.717) is 35.2 Å². The Balaban J connectivity index is 1.33. The van der Waals surface area contributed by atoms with Crippen molar-refractivity contribution in [3.63, 3.8) is 0 Å². The maximum atomic E-state index is 13.1. The number of aromatic nitrogens is 1. The van der Waals surface area contributed by atoms with Gasteiger partial charge in [-0.3, -0.25) is 9.69 Å². The first-order valence-electron chi connectivity index (χ1n) is 10.2. The van der Waals surface area contributed by atoms with Crippen molar-refractivity contribution in [1.82, 2.24) is 15.0 Å². The number of benzene rings is 2. The second-order valence-corrected chi connectivity index (χ2v) is 7.88. The van der Waals surface area contributed by atoms with Crippen molar-refractivity contribution in [3.8, 4) is 17.1 Å². The third-order valence-corrected chi connectivity index (χ3v) is 5.49. The highest BCUT2D eigenvalue weighted by atomic mass is 35.5. The molecule has 1 fully saturated rings. The standard InChI is InChI=1S/C23H23ClFN3O3/c24-18-4-7-21(20(14-18)22-8-9-26-31-22)30-16-23(29)28-11-1-10-27(12-13-28)15-17-2-5-19(25)6-3-17/h2-9,14H,1,10-13,15-16H2. The summed E-state index contributed by atoms with van der Waals surface area (Å²) in [6.07, 6.45) is 2.41. The van der Waals surface area contributed by atoms with Gasteiger partial charge in [0.1, 0.15) is 11.6 Å². The molecule has 0 aliphatic carbocycles. The van der Waals surface area contributed by atoms with Gasteiger partial charge in [0.15, 0.2) is 12.4 Å². The lowest BCUT2D eigenvalue weighted by molar-refractivity contribution is -0.133. The zero-order valence-corrected chi connectivity index (χ0v) is 17.7. The number of carbonyl (C=O) groups is 1. The van der Waals surface area contributed by atoms with Crippen LogP contribution >= 0.6 is 11.6 Å². The summed E-state index contributed by atoms with van der Waals surface area (Å²) in [5.74, 6) is 0.740. The summed E-state index contributed by atoms with van der Waals surface area (Å²) in [6.45, 7) is 3.61. The molecule has 1 aromatic heterocycles. The largest absolute Gasteiger partial charge is 0.483 e. The van der Waals surface area contributed by atoms with Crippen LogP contribution in [0.25, 0.3) is 11.3 Å². The first-order valence-corrected chi connectivity index (χ1v) is 10.5. The molecule has 31 heavy (non-hydrogen) atoms. The van der Waals surface area contributed by atoms with E-state index in [2.05, 4.69) is 10.1 Å². The Morgan fingerprint density at radius 1 is 1.10 bits per heavy atom. The molecule has 3 aromatic rings. The van der Waals surface area contributed by atoms with Crippen molar-refractivity contribution >= 4 is 17.5 Å². The number of amides is 1. The topological polar surface area (TPSA) is 58.8 Å². The number of hydrogen-bond donors (Lipinski definition) is 0. The summed E-state index contributed by atoms with van der Waals surface area (Å²) in [4.78, 5) is 16.9. The van der Waals surface area contributed by atoms with E-state index in [4.69, 9.17) is 20.9 Å². The monoisotopic (exact) mass is 443 g/mol. The van der Waals surface area contributed by atoms with E-state index < -0.39 is 0 Å². The minimum absolute atomic E-state index is 0.0675. The molecule has 4 rings (SSSR count). The minimum Gasteiger partial charge on any atom is -0.483 e. The van der Waals surface area contributed by atoms with Gasteiger partial charge in [0.05, 0.1) is 11.8 Å². The van der Waals surface area contributed by atoms with Crippen molar-refractivity contribution < 1.29 is 18.4 Å². The van der Waals surface area contributed by atoms with Crippen LogP contribution < -0.4 is 4.74 Å². The van der Waals surface area contributed by atoms with Gasteiger partial charge in [-0.05, 0) is 42.3 Å². The van der Waals surface area contributed by atoms with Crippen molar-refractivity contribution in [3.05, 3.63) is 71.1 Å². The van der Waals surface area contributed by atoms with Crippen LogP contribution in [0, 0.1) is 5.82 Å². The van der Waals surface area contributed by atoms with Crippen LogP contribution in [0.2, 0.25) is 5.02 Å². The Hall–Kier alpha value is -2.90. The van der Waals surface area contributed by atoms with Gasteiger partial charge in [0, 0.05) is 43.8 Å². The van der Waals surface area contributed by atoms with Crippen LogP contribution in [-0.2, 0) is 11.3 Å². The molecule has 0 spiro atoms. The average Bonchev–Trinajstić information content (AvgIpc) is 3.21. The van der Waals surface area contributed by atoms with E-state index >= 15 is 0 Å². The predicted octanol–water partition coefficient (Wildman–Crippen LogP) is 4.25. The number of nitrogens with zero attached hydrogens (tertiary/aromatic N) is 3. The molecule has 0 atom stereocenters. The fourth-order valence-electron chi connectivity index (χ4n) is 3.63. The molecular weight excluding hydrogens is 421 g/mol. The van der Waals surface area contributed by atoms with Crippen LogP contribution in [-0.4, -0.2) is 53.6 Å². The third-order valence-electron chi connectivity index (χ3n) is 5.26. The Morgan fingerprint density at radius 2 is 1.94 bits per heavy atom. The number of rotatable bonds is 6. The Labute approximate surface area is 185 Å². The normalized spacial score (nSPS) is 15.0. The highest BCUT2D eigenvalue weighted by Crippen LogP contribution is 2.32. The van der Waals surface area contributed by atoms with Crippen molar-refractivity contribution in [1.29, 1.82) is 0 Å². The van der Waals surface area contributed by atoms with E-state index in [9.17, 15) is 9.18 Å². The zero-order valence-electron chi connectivity index (χ0n) is 17.0. The quantitative estimate of drug-likeness (QED) is 0.570. The highest BCUT2D eigenvalue weighted by Gasteiger charge is 2.20. The minimum atomic E-state index is -0.233. The molecule has 8 heteroatoms. The first kappa shape index (κ1) is 21.3. The second-order valence-electron chi connectivity index (χ2n) is 7.44. The third kappa shape index (κ3) is 5.62. The van der Waals surface area contributed by atoms with Gasteiger partial charge in [-0.1, -0.05) is 28.9 Å².